The highest BCUT2D eigenvalue weighted by molar-refractivity contribution is 5.93. The summed E-state index contributed by atoms with van der Waals surface area (Å²) in [7, 11) is 1.70. The highest BCUT2D eigenvalue weighted by Gasteiger charge is 2.31. The Labute approximate surface area is 196 Å². The molecule has 8 heteroatoms. The Hall–Kier alpha value is -3.10. The summed E-state index contributed by atoms with van der Waals surface area (Å²) >= 11 is 0. The number of anilines is 2. The van der Waals surface area contributed by atoms with Gasteiger partial charge in [-0.05, 0) is 43.7 Å². The maximum absolute atomic E-state index is 12.6. The Morgan fingerprint density at radius 1 is 0.970 bits per heavy atom. The van der Waals surface area contributed by atoms with Crippen LogP contribution < -0.4 is 20.5 Å². The van der Waals surface area contributed by atoms with Gasteiger partial charge in [-0.25, -0.2) is 10.2 Å². The summed E-state index contributed by atoms with van der Waals surface area (Å²) < 4.78 is 0. The number of hydrazine groups is 1. The van der Waals surface area contributed by atoms with Gasteiger partial charge in [-0.2, -0.15) is 0 Å². The van der Waals surface area contributed by atoms with Crippen molar-refractivity contribution in [2.45, 2.75) is 25.8 Å². The van der Waals surface area contributed by atoms with Gasteiger partial charge in [-0.1, -0.05) is 30.3 Å². The average molecular weight is 451 g/mol. The summed E-state index contributed by atoms with van der Waals surface area (Å²) in [5, 5.41) is 4.48. The fourth-order valence-electron chi connectivity index (χ4n) is 4.51. The predicted octanol–water partition coefficient (Wildman–Crippen LogP) is 2.45. The molecule has 2 N–H and O–H groups in total. The molecule has 0 aromatic heterocycles. The van der Waals surface area contributed by atoms with Gasteiger partial charge in [0.1, 0.15) is 0 Å². The number of hydrogen-bond acceptors (Lipinski definition) is 5. The average Bonchev–Trinajstić information content (AvgIpc) is 3.24. The minimum absolute atomic E-state index is 0.0181. The van der Waals surface area contributed by atoms with Crippen molar-refractivity contribution in [1.82, 2.24) is 20.7 Å². The van der Waals surface area contributed by atoms with Crippen LogP contribution in [0.1, 0.15) is 25.3 Å². The number of carbonyl (C=O) groups excluding carboxylic acids is 2. The monoisotopic (exact) mass is 450 g/mol. The molecule has 1 atom stereocenters. The van der Waals surface area contributed by atoms with Gasteiger partial charge in [0.05, 0.1) is 12.6 Å². The lowest BCUT2D eigenvalue weighted by molar-refractivity contribution is -0.122. The highest BCUT2D eigenvalue weighted by atomic mass is 16.2. The molecule has 4 rings (SSSR count). The van der Waals surface area contributed by atoms with Crippen molar-refractivity contribution in [2.75, 3.05) is 56.2 Å². The molecule has 1 unspecified atom stereocenters. The molecule has 176 valence electrons. The van der Waals surface area contributed by atoms with Gasteiger partial charge in [0.2, 0.25) is 5.91 Å². The Bertz CT molecular complexity index is 941. The van der Waals surface area contributed by atoms with Gasteiger partial charge >= 0.3 is 6.03 Å². The van der Waals surface area contributed by atoms with Crippen molar-refractivity contribution in [3.05, 3.63) is 60.2 Å². The smallest absolute Gasteiger partial charge is 0.340 e. The summed E-state index contributed by atoms with van der Waals surface area (Å²) in [6.45, 7) is 8.80. The fraction of sp³-hybridized carbons (Fsp3) is 0.440. The summed E-state index contributed by atoms with van der Waals surface area (Å²) in [6, 6.07) is 18.3. The predicted molar refractivity (Wildman–Crippen MR) is 131 cm³/mol. The molecule has 2 heterocycles. The summed E-state index contributed by atoms with van der Waals surface area (Å²) in [5.74, 6) is -0.111. The second-order valence-electron chi connectivity index (χ2n) is 8.87. The van der Waals surface area contributed by atoms with Crippen LogP contribution in [0.25, 0.3) is 0 Å². The van der Waals surface area contributed by atoms with E-state index >= 15 is 0 Å². The maximum Gasteiger partial charge on any atom is 0.340 e. The first kappa shape index (κ1) is 23.1. The Balaban J connectivity index is 1.34. The number of piperazine rings is 1. The van der Waals surface area contributed by atoms with Crippen LogP contribution in [-0.4, -0.2) is 74.3 Å². The largest absolute Gasteiger partial charge is 0.369 e. The van der Waals surface area contributed by atoms with Crippen molar-refractivity contribution >= 4 is 23.3 Å². The molecule has 0 bridgehead atoms. The van der Waals surface area contributed by atoms with Gasteiger partial charge in [-0.15, -0.1) is 0 Å². The van der Waals surface area contributed by atoms with E-state index in [1.807, 2.05) is 56.3 Å². The van der Waals surface area contributed by atoms with Crippen LogP contribution in [0.5, 0.6) is 0 Å². The van der Waals surface area contributed by atoms with Crippen LogP contribution in [0, 0.1) is 0 Å². The van der Waals surface area contributed by atoms with E-state index in [4.69, 9.17) is 0 Å². The van der Waals surface area contributed by atoms with Crippen LogP contribution in [0.4, 0.5) is 16.2 Å². The van der Waals surface area contributed by atoms with Crippen molar-refractivity contribution < 1.29 is 9.59 Å². The van der Waals surface area contributed by atoms with Crippen LogP contribution in [-0.2, 0) is 4.79 Å². The summed E-state index contributed by atoms with van der Waals surface area (Å²) in [6.07, 6.45) is 0. The second-order valence-corrected chi connectivity index (χ2v) is 8.87. The number of urea groups is 1. The van der Waals surface area contributed by atoms with E-state index in [2.05, 4.69) is 32.7 Å². The molecule has 0 saturated carbocycles. The molecule has 8 nitrogen and oxygen atoms in total. The van der Waals surface area contributed by atoms with E-state index in [1.54, 1.807) is 17.0 Å². The lowest BCUT2D eigenvalue weighted by Crippen LogP contribution is -2.48. The van der Waals surface area contributed by atoms with Gasteiger partial charge < -0.3 is 10.2 Å². The topological polar surface area (TPSA) is 71.2 Å². The minimum atomic E-state index is -0.168. The number of likely N-dealkylation sites (N-methyl/N-ethyl adjacent to an activating group) is 1. The zero-order valence-corrected chi connectivity index (χ0v) is 19.7. The number of amides is 3. The molecule has 0 aliphatic carbocycles. The molecular formula is C25H34N6O2. The lowest BCUT2D eigenvalue weighted by Gasteiger charge is -2.37. The van der Waals surface area contributed by atoms with E-state index < -0.39 is 0 Å². The molecule has 2 aromatic rings. The first-order valence-electron chi connectivity index (χ1n) is 11.7. The maximum atomic E-state index is 12.6. The summed E-state index contributed by atoms with van der Waals surface area (Å²) in [4.78, 5) is 31.6. The van der Waals surface area contributed by atoms with E-state index in [9.17, 15) is 9.59 Å². The molecule has 0 radical (unpaired) electrons. The third-order valence-corrected chi connectivity index (χ3v) is 6.46. The van der Waals surface area contributed by atoms with Crippen LogP contribution in [0.3, 0.4) is 0 Å². The number of nitrogens with zero attached hydrogens (tertiary/aromatic N) is 4. The normalized spacial score (nSPS) is 18.2. The Morgan fingerprint density at radius 2 is 1.61 bits per heavy atom. The molecule has 33 heavy (non-hydrogen) atoms. The molecule has 3 amide bonds. The lowest BCUT2D eigenvalue weighted by atomic mass is 9.97. The van der Waals surface area contributed by atoms with Gasteiger partial charge in [0.15, 0.2) is 0 Å². The number of hydrogen-bond donors (Lipinski definition) is 2. The molecule has 2 fully saturated rings. The van der Waals surface area contributed by atoms with E-state index in [0.29, 0.717) is 13.2 Å². The molecule has 2 saturated heterocycles. The quantitative estimate of drug-likeness (QED) is 0.678. The SMILES string of the molecule is CNC(=O)C(CN1CCN(c2ccc(N3CNN(C(C)C)C3=O)cc2)CC1)c1ccccc1. The Kier molecular flexibility index (Phi) is 7.15. The van der Waals surface area contributed by atoms with Crippen LogP contribution >= 0.6 is 0 Å². The third kappa shape index (κ3) is 5.12. The number of rotatable bonds is 7. The van der Waals surface area contributed by atoms with Crippen molar-refractivity contribution in [1.29, 1.82) is 0 Å². The number of nitrogens with one attached hydrogen (secondary N) is 2. The third-order valence-electron chi connectivity index (χ3n) is 6.46. The fourth-order valence-corrected chi connectivity index (χ4v) is 4.51. The van der Waals surface area contributed by atoms with Crippen LogP contribution in [0.2, 0.25) is 0 Å². The first-order chi connectivity index (χ1) is 16.0. The van der Waals surface area contributed by atoms with E-state index in [1.165, 1.54) is 0 Å². The van der Waals surface area contributed by atoms with Gasteiger partial charge in [-0.3, -0.25) is 19.6 Å². The minimum Gasteiger partial charge on any atom is -0.369 e. The second kappa shape index (κ2) is 10.2. The molecule has 2 aliphatic rings. The van der Waals surface area contributed by atoms with E-state index in [0.717, 1.165) is 43.1 Å². The molecule has 2 aromatic carbocycles. The van der Waals surface area contributed by atoms with Gasteiger partial charge in [0, 0.05) is 57.2 Å². The first-order valence-corrected chi connectivity index (χ1v) is 11.7. The van der Waals surface area contributed by atoms with Gasteiger partial charge in [0.25, 0.3) is 0 Å². The zero-order valence-electron chi connectivity index (χ0n) is 19.7. The number of benzene rings is 2. The Morgan fingerprint density at radius 3 is 2.18 bits per heavy atom. The highest BCUT2D eigenvalue weighted by Crippen LogP contribution is 2.25. The van der Waals surface area contributed by atoms with Crippen molar-refractivity contribution in [3.8, 4) is 0 Å². The molecular weight excluding hydrogens is 416 g/mol. The van der Waals surface area contributed by atoms with E-state index in [-0.39, 0.29) is 23.9 Å². The zero-order chi connectivity index (χ0) is 23.4. The van der Waals surface area contributed by atoms with Crippen molar-refractivity contribution in [2.24, 2.45) is 0 Å². The molecule has 2 aliphatic heterocycles. The molecule has 0 spiro atoms. The number of carbonyl (C=O) groups is 2. The van der Waals surface area contributed by atoms with Crippen molar-refractivity contribution in [3.63, 3.8) is 0 Å². The standard InChI is InChI=1S/C25H34N6O2/c1-19(2)31-25(33)30(18-27-31)22-11-9-21(10-12-22)29-15-13-28(14-16-29)17-23(24(32)26-3)20-7-5-4-6-8-20/h4-12,19,23,27H,13-18H2,1-3H3,(H,26,32). The van der Waals surface area contributed by atoms with Crippen LogP contribution in [0.15, 0.2) is 54.6 Å². The summed E-state index contributed by atoms with van der Waals surface area (Å²) in [5.41, 5.74) is 6.25.